The molecular formula is C19H21N3S. The van der Waals surface area contributed by atoms with E-state index in [0.29, 0.717) is 0 Å². The van der Waals surface area contributed by atoms with Crippen molar-refractivity contribution in [3.63, 3.8) is 0 Å². The highest BCUT2D eigenvalue weighted by molar-refractivity contribution is 8.13. The molecule has 0 unspecified atom stereocenters. The number of benzene rings is 2. The van der Waals surface area contributed by atoms with Gasteiger partial charge in [0.2, 0.25) is 0 Å². The first-order chi connectivity index (χ1) is 11.4. The van der Waals surface area contributed by atoms with Crippen molar-refractivity contribution in [2.75, 3.05) is 23.7 Å². The molecule has 0 amide bonds. The molecule has 3 nitrogen and oxygen atoms in total. The molecule has 2 aliphatic rings. The average molecular weight is 323 g/mol. The minimum absolute atomic E-state index is 0.790. The molecule has 0 radical (unpaired) electrons. The number of nitrogens with one attached hydrogen (secondary N) is 1. The minimum Gasteiger partial charge on any atom is -0.370 e. The number of amidine groups is 1. The third kappa shape index (κ3) is 3.22. The van der Waals surface area contributed by atoms with Crippen molar-refractivity contribution in [1.29, 1.82) is 0 Å². The van der Waals surface area contributed by atoms with Crippen LogP contribution in [0, 0.1) is 0 Å². The molecule has 118 valence electrons. The third-order valence-electron chi connectivity index (χ3n) is 4.52. The van der Waals surface area contributed by atoms with Crippen LogP contribution in [0.5, 0.6) is 0 Å². The summed E-state index contributed by atoms with van der Waals surface area (Å²) in [5, 5.41) is 4.55. The number of aliphatic imine (C=N–C) groups is 1. The Balaban J connectivity index is 1.32. The molecule has 0 saturated heterocycles. The standard InChI is InChI=1S/C19H21N3S/c1-2-7-17-14-21-19(20-13-16(17)6-1)23-12-11-22-10-9-15-5-3-4-8-18(15)22/h1-8H,9-14H2,(H,20,21). The van der Waals surface area contributed by atoms with Crippen molar-refractivity contribution in [2.24, 2.45) is 4.99 Å². The highest BCUT2D eigenvalue weighted by atomic mass is 32.2. The fourth-order valence-electron chi connectivity index (χ4n) is 3.26. The van der Waals surface area contributed by atoms with E-state index in [4.69, 9.17) is 4.99 Å². The number of hydrogen-bond acceptors (Lipinski definition) is 4. The van der Waals surface area contributed by atoms with E-state index in [-0.39, 0.29) is 0 Å². The van der Waals surface area contributed by atoms with Gasteiger partial charge >= 0.3 is 0 Å². The summed E-state index contributed by atoms with van der Waals surface area (Å²) in [6.45, 7) is 3.90. The fraction of sp³-hybridized carbons (Fsp3) is 0.316. The van der Waals surface area contributed by atoms with Crippen molar-refractivity contribution in [3.05, 3.63) is 65.2 Å². The molecular weight excluding hydrogens is 302 g/mol. The lowest BCUT2D eigenvalue weighted by molar-refractivity contribution is 0.874. The Morgan fingerprint density at radius 2 is 1.78 bits per heavy atom. The summed E-state index contributed by atoms with van der Waals surface area (Å²) in [7, 11) is 0. The van der Waals surface area contributed by atoms with E-state index in [9.17, 15) is 0 Å². The fourth-order valence-corrected chi connectivity index (χ4v) is 4.09. The molecule has 0 aromatic heterocycles. The van der Waals surface area contributed by atoms with Crippen molar-refractivity contribution in [3.8, 4) is 0 Å². The first-order valence-corrected chi connectivity index (χ1v) is 9.19. The molecule has 2 aromatic rings. The van der Waals surface area contributed by atoms with Gasteiger partial charge in [0.25, 0.3) is 0 Å². The van der Waals surface area contributed by atoms with Gasteiger partial charge in [-0.15, -0.1) is 0 Å². The average Bonchev–Trinajstić information content (AvgIpc) is 2.89. The Kier molecular flexibility index (Phi) is 4.24. The van der Waals surface area contributed by atoms with Gasteiger partial charge in [0.1, 0.15) is 0 Å². The largest absolute Gasteiger partial charge is 0.370 e. The topological polar surface area (TPSA) is 27.6 Å². The maximum atomic E-state index is 4.72. The van der Waals surface area contributed by atoms with Crippen molar-refractivity contribution in [2.45, 2.75) is 19.5 Å². The van der Waals surface area contributed by atoms with Crippen LogP contribution >= 0.6 is 11.8 Å². The summed E-state index contributed by atoms with van der Waals surface area (Å²) in [5.41, 5.74) is 5.60. The Morgan fingerprint density at radius 3 is 2.70 bits per heavy atom. The summed E-state index contributed by atoms with van der Waals surface area (Å²) in [6.07, 6.45) is 1.18. The van der Waals surface area contributed by atoms with Gasteiger partial charge in [-0.05, 0) is 29.2 Å². The SMILES string of the molecule is c1ccc2c(c1)CN=C(SCCN1CCc3ccccc31)NC2. The summed E-state index contributed by atoms with van der Waals surface area (Å²) in [5.74, 6) is 1.07. The summed E-state index contributed by atoms with van der Waals surface area (Å²) < 4.78 is 0. The van der Waals surface area contributed by atoms with Crippen LogP contribution in [0.1, 0.15) is 16.7 Å². The van der Waals surface area contributed by atoms with E-state index in [1.54, 1.807) is 0 Å². The summed E-state index contributed by atoms with van der Waals surface area (Å²) >= 11 is 1.84. The number of nitrogens with zero attached hydrogens (tertiary/aromatic N) is 2. The molecule has 2 aromatic carbocycles. The van der Waals surface area contributed by atoms with Gasteiger partial charge in [-0.2, -0.15) is 0 Å². The molecule has 0 spiro atoms. The van der Waals surface area contributed by atoms with E-state index >= 15 is 0 Å². The number of anilines is 1. The molecule has 23 heavy (non-hydrogen) atoms. The maximum absolute atomic E-state index is 4.72. The molecule has 2 aliphatic heterocycles. The van der Waals surface area contributed by atoms with Crippen LogP contribution in [-0.2, 0) is 19.5 Å². The lowest BCUT2D eigenvalue weighted by atomic mass is 10.1. The molecule has 0 aliphatic carbocycles. The minimum atomic E-state index is 0.790. The zero-order chi connectivity index (χ0) is 15.5. The van der Waals surface area contributed by atoms with Crippen LogP contribution < -0.4 is 10.2 Å². The van der Waals surface area contributed by atoms with Gasteiger partial charge < -0.3 is 10.2 Å². The molecule has 0 bridgehead atoms. The van der Waals surface area contributed by atoms with Crippen LogP contribution in [0.3, 0.4) is 0 Å². The second-order valence-corrected chi connectivity index (χ2v) is 7.04. The highest BCUT2D eigenvalue weighted by Gasteiger charge is 2.18. The Labute approximate surface area is 141 Å². The van der Waals surface area contributed by atoms with Crippen molar-refractivity contribution >= 4 is 22.6 Å². The Hall–Kier alpha value is -1.94. The second kappa shape index (κ2) is 6.67. The van der Waals surface area contributed by atoms with Gasteiger partial charge in [0.05, 0.1) is 6.54 Å². The van der Waals surface area contributed by atoms with Crippen LogP contribution in [0.25, 0.3) is 0 Å². The summed E-state index contributed by atoms with van der Waals surface area (Å²) in [6, 6.07) is 17.3. The number of para-hydroxylation sites is 1. The molecule has 4 rings (SSSR count). The van der Waals surface area contributed by atoms with E-state index < -0.39 is 0 Å². The number of hydrogen-bond donors (Lipinski definition) is 1. The van der Waals surface area contributed by atoms with Crippen molar-refractivity contribution in [1.82, 2.24) is 5.32 Å². The van der Waals surface area contributed by atoms with E-state index in [1.165, 1.54) is 28.8 Å². The van der Waals surface area contributed by atoms with Crippen LogP contribution in [0.15, 0.2) is 53.5 Å². The van der Waals surface area contributed by atoms with E-state index in [2.05, 4.69) is 58.7 Å². The number of thioether (sulfide) groups is 1. The molecule has 4 heteroatoms. The van der Waals surface area contributed by atoms with Gasteiger partial charge in [0, 0.05) is 31.1 Å². The lowest BCUT2D eigenvalue weighted by Gasteiger charge is -2.19. The van der Waals surface area contributed by atoms with E-state index in [0.717, 1.165) is 37.1 Å². The molecule has 2 heterocycles. The molecule has 0 atom stereocenters. The summed E-state index contributed by atoms with van der Waals surface area (Å²) in [4.78, 5) is 7.22. The van der Waals surface area contributed by atoms with Crippen LogP contribution in [0.2, 0.25) is 0 Å². The molecule has 1 N–H and O–H groups in total. The van der Waals surface area contributed by atoms with Crippen LogP contribution in [0.4, 0.5) is 5.69 Å². The third-order valence-corrected chi connectivity index (χ3v) is 5.46. The first kappa shape index (κ1) is 14.6. The number of rotatable bonds is 3. The zero-order valence-electron chi connectivity index (χ0n) is 13.2. The first-order valence-electron chi connectivity index (χ1n) is 8.21. The van der Waals surface area contributed by atoms with Crippen LogP contribution in [-0.4, -0.2) is 24.0 Å². The lowest BCUT2D eigenvalue weighted by Crippen LogP contribution is -2.25. The smallest absolute Gasteiger partial charge is 0.157 e. The molecule has 0 fully saturated rings. The van der Waals surface area contributed by atoms with Gasteiger partial charge in [-0.1, -0.05) is 54.2 Å². The van der Waals surface area contributed by atoms with Gasteiger partial charge in [-0.25, -0.2) is 0 Å². The van der Waals surface area contributed by atoms with Crippen molar-refractivity contribution < 1.29 is 0 Å². The monoisotopic (exact) mass is 323 g/mol. The predicted octanol–water partition coefficient (Wildman–Crippen LogP) is 3.44. The Morgan fingerprint density at radius 1 is 1.00 bits per heavy atom. The van der Waals surface area contributed by atoms with Gasteiger partial charge in [-0.3, -0.25) is 4.99 Å². The molecule has 0 saturated carbocycles. The Bertz CT molecular complexity index is 726. The number of fused-ring (bicyclic) bond motifs is 2. The van der Waals surface area contributed by atoms with Gasteiger partial charge in [0.15, 0.2) is 5.17 Å². The normalized spacial score (nSPS) is 16.2. The predicted molar refractivity (Wildman–Crippen MR) is 99.2 cm³/mol. The zero-order valence-corrected chi connectivity index (χ0v) is 14.0. The maximum Gasteiger partial charge on any atom is 0.157 e. The van der Waals surface area contributed by atoms with E-state index in [1.807, 2.05) is 11.8 Å². The quantitative estimate of drug-likeness (QED) is 0.937. The highest BCUT2D eigenvalue weighted by Crippen LogP contribution is 2.27. The second-order valence-electron chi connectivity index (χ2n) is 5.96.